The van der Waals surface area contributed by atoms with Gasteiger partial charge in [0.1, 0.15) is 12.8 Å². The highest BCUT2D eigenvalue weighted by atomic mass is 19.1. The largest absolute Gasteiger partial charge is 0.393 e. The van der Waals surface area contributed by atoms with Crippen molar-refractivity contribution in [1.29, 1.82) is 0 Å². The van der Waals surface area contributed by atoms with Gasteiger partial charge in [0, 0.05) is 23.4 Å². The van der Waals surface area contributed by atoms with Crippen LogP contribution < -0.4 is 0 Å². The standard InChI is InChI=1S/C26H35FO6/c1-6-31-13-20(30)26-21(32-23(2,3)33-26)11-16-15-10-18(27)17-9-14(28)7-8-24(17,4)22(15)19(29)12-25(16,26)5/h7-9,15-16,18-19,21-22,29H,6,10-13H2,1-5H3. The van der Waals surface area contributed by atoms with E-state index < -0.39 is 40.6 Å². The van der Waals surface area contributed by atoms with Gasteiger partial charge in [-0.3, -0.25) is 9.59 Å². The molecule has 0 aromatic heterocycles. The molecule has 0 bridgehead atoms. The lowest BCUT2D eigenvalue weighted by molar-refractivity contribution is -0.227. The number of ketones is 2. The number of hydrogen-bond donors (Lipinski definition) is 1. The van der Waals surface area contributed by atoms with Gasteiger partial charge in [-0.2, -0.15) is 0 Å². The number of Topliss-reactive ketones (excluding diaryl/α,β-unsaturated/α-hetero) is 1. The molecule has 0 spiro atoms. The lowest BCUT2D eigenvalue weighted by Crippen LogP contribution is -2.64. The lowest BCUT2D eigenvalue weighted by atomic mass is 9.46. The second-order valence-electron chi connectivity index (χ2n) is 11.4. The molecule has 9 unspecified atom stereocenters. The summed E-state index contributed by atoms with van der Waals surface area (Å²) in [5, 5.41) is 11.6. The number of aliphatic hydroxyl groups is 1. The number of alkyl halides is 1. The number of carbonyl (C=O) groups is 2. The summed E-state index contributed by atoms with van der Waals surface area (Å²) in [5.74, 6) is -1.81. The van der Waals surface area contributed by atoms with Crippen molar-refractivity contribution in [2.45, 2.75) is 83.6 Å². The van der Waals surface area contributed by atoms with Gasteiger partial charge < -0.3 is 19.3 Å². The summed E-state index contributed by atoms with van der Waals surface area (Å²) >= 11 is 0. The zero-order valence-electron chi connectivity index (χ0n) is 20.1. The zero-order chi connectivity index (χ0) is 24.0. The van der Waals surface area contributed by atoms with E-state index in [4.69, 9.17) is 14.2 Å². The van der Waals surface area contributed by atoms with Crippen LogP contribution in [-0.2, 0) is 23.8 Å². The van der Waals surface area contributed by atoms with Crippen LogP contribution in [0.25, 0.3) is 0 Å². The van der Waals surface area contributed by atoms with Crippen LogP contribution in [0.3, 0.4) is 0 Å². The first-order chi connectivity index (χ1) is 15.4. The number of rotatable bonds is 4. The predicted molar refractivity (Wildman–Crippen MR) is 118 cm³/mol. The Morgan fingerprint density at radius 1 is 1.27 bits per heavy atom. The quantitative estimate of drug-likeness (QED) is 0.690. The molecule has 1 aliphatic heterocycles. The maximum atomic E-state index is 15.6. The zero-order valence-corrected chi connectivity index (χ0v) is 20.1. The highest BCUT2D eigenvalue weighted by Gasteiger charge is 2.77. The first kappa shape index (κ1) is 23.3. The summed E-state index contributed by atoms with van der Waals surface area (Å²) in [4.78, 5) is 25.7. The topological polar surface area (TPSA) is 82.1 Å². The first-order valence-electron chi connectivity index (χ1n) is 12.2. The maximum Gasteiger partial charge on any atom is 0.193 e. The van der Waals surface area contributed by atoms with Crippen LogP contribution in [-0.4, -0.2) is 59.7 Å². The van der Waals surface area contributed by atoms with Crippen LogP contribution in [0.2, 0.25) is 0 Å². The van der Waals surface area contributed by atoms with Crippen molar-refractivity contribution in [1.82, 2.24) is 0 Å². The molecule has 4 fully saturated rings. The number of fused-ring (bicyclic) bond motifs is 7. The van der Waals surface area contributed by atoms with Crippen LogP contribution in [0.5, 0.6) is 0 Å². The molecule has 4 aliphatic carbocycles. The van der Waals surface area contributed by atoms with Gasteiger partial charge in [0.15, 0.2) is 23.0 Å². The van der Waals surface area contributed by atoms with Gasteiger partial charge in [-0.1, -0.05) is 19.9 Å². The molecule has 182 valence electrons. The molecule has 9 atom stereocenters. The Kier molecular flexibility index (Phi) is 5.16. The number of ether oxygens (including phenoxy) is 3. The van der Waals surface area contributed by atoms with Crippen LogP contribution >= 0.6 is 0 Å². The summed E-state index contributed by atoms with van der Waals surface area (Å²) in [6.45, 7) is 9.71. The molecule has 33 heavy (non-hydrogen) atoms. The lowest BCUT2D eigenvalue weighted by Gasteiger charge is -2.60. The number of aliphatic hydroxyl groups excluding tert-OH is 1. The molecule has 0 aromatic carbocycles. The number of carbonyl (C=O) groups excluding carboxylic acids is 2. The Labute approximate surface area is 194 Å². The fourth-order valence-corrected chi connectivity index (χ4v) is 8.23. The summed E-state index contributed by atoms with van der Waals surface area (Å²) in [6.07, 6.45) is 3.28. The van der Waals surface area contributed by atoms with Gasteiger partial charge in [-0.25, -0.2) is 4.39 Å². The third-order valence-corrected chi connectivity index (χ3v) is 9.32. The molecule has 5 aliphatic rings. The summed E-state index contributed by atoms with van der Waals surface area (Å²) in [5.41, 5.74) is -2.25. The fourth-order valence-electron chi connectivity index (χ4n) is 8.23. The molecule has 1 heterocycles. The number of halogens is 1. The van der Waals surface area contributed by atoms with E-state index in [2.05, 4.69) is 0 Å². The van der Waals surface area contributed by atoms with Gasteiger partial charge in [0.2, 0.25) is 0 Å². The Morgan fingerprint density at radius 2 is 2.00 bits per heavy atom. The number of allylic oxidation sites excluding steroid dienone is 4. The molecular weight excluding hydrogens is 427 g/mol. The minimum absolute atomic E-state index is 0.0692. The van der Waals surface area contributed by atoms with Gasteiger partial charge >= 0.3 is 0 Å². The first-order valence-corrected chi connectivity index (χ1v) is 12.2. The third kappa shape index (κ3) is 2.98. The average molecular weight is 463 g/mol. The Bertz CT molecular complexity index is 941. The Hall–Kier alpha value is -1.41. The maximum absolute atomic E-state index is 15.6. The van der Waals surface area contributed by atoms with Crippen molar-refractivity contribution < 1.29 is 33.3 Å². The second-order valence-corrected chi connectivity index (χ2v) is 11.4. The molecule has 0 amide bonds. The average Bonchev–Trinajstić information content (AvgIpc) is 3.13. The molecule has 7 heteroatoms. The van der Waals surface area contributed by atoms with Crippen molar-refractivity contribution in [3.05, 3.63) is 23.8 Å². The van der Waals surface area contributed by atoms with Gasteiger partial charge in [-0.05, 0) is 69.6 Å². The van der Waals surface area contributed by atoms with E-state index in [0.717, 1.165) is 0 Å². The highest BCUT2D eigenvalue weighted by Crippen LogP contribution is 2.70. The Morgan fingerprint density at radius 3 is 2.70 bits per heavy atom. The summed E-state index contributed by atoms with van der Waals surface area (Å²) < 4.78 is 33.8. The molecule has 5 rings (SSSR count). The van der Waals surface area contributed by atoms with Crippen LogP contribution in [0.15, 0.2) is 23.8 Å². The van der Waals surface area contributed by atoms with E-state index in [1.165, 1.54) is 12.2 Å². The van der Waals surface area contributed by atoms with E-state index in [0.29, 0.717) is 25.0 Å². The highest BCUT2D eigenvalue weighted by molar-refractivity contribution is 6.01. The number of hydrogen-bond acceptors (Lipinski definition) is 6. The molecule has 0 aromatic rings. The van der Waals surface area contributed by atoms with Gasteiger partial charge in [0.25, 0.3) is 0 Å². The van der Waals surface area contributed by atoms with Crippen LogP contribution in [0.4, 0.5) is 4.39 Å². The van der Waals surface area contributed by atoms with Crippen LogP contribution in [0.1, 0.15) is 53.9 Å². The minimum Gasteiger partial charge on any atom is -0.393 e. The van der Waals surface area contributed by atoms with Crippen molar-refractivity contribution in [3.63, 3.8) is 0 Å². The molecule has 1 saturated heterocycles. The second kappa shape index (κ2) is 7.30. The molecule has 0 radical (unpaired) electrons. The van der Waals surface area contributed by atoms with Crippen molar-refractivity contribution >= 4 is 11.6 Å². The van der Waals surface area contributed by atoms with Crippen molar-refractivity contribution in [2.75, 3.05) is 13.2 Å². The third-order valence-electron chi connectivity index (χ3n) is 9.32. The SMILES string of the molecule is CCOCC(=O)C12OC(C)(C)OC1CC1C3CC(F)C4=CC(=O)C=CC4(C)C3C(O)CC12C. The van der Waals surface area contributed by atoms with E-state index in [9.17, 15) is 14.7 Å². The molecule has 6 nitrogen and oxygen atoms in total. The molecule has 1 N–H and O–H groups in total. The van der Waals surface area contributed by atoms with E-state index >= 15 is 4.39 Å². The normalized spacial score (nSPS) is 49.7. The predicted octanol–water partition coefficient (Wildman–Crippen LogP) is 3.32. The molecule has 3 saturated carbocycles. The fraction of sp³-hybridized carbons (Fsp3) is 0.769. The van der Waals surface area contributed by atoms with E-state index in [-0.39, 0.29) is 42.3 Å². The van der Waals surface area contributed by atoms with Crippen LogP contribution in [0, 0.1) is 28.6 Å². The van der Waals surface area contributed by atoms with E-state index in [1.54, 1.807) is 6.08 Å². The molecular formula is C26H35FO6. The van der Waals surface area contributed by atoms with Gasteiger partial charge in [0.05, 0.1) is 12.2 Å². The monoisotopic (exact) mass is 462 g/mol. The van der Waals surface area contributed by atoms with Crippen molar-refractivity contribution in [2.24, 2.45) is 28.6 Å². The minimum atomic E-state index is -1.27. The van der Waals surface area contributed by atoms with Crippen molar-refractivity contribution in [3.8, 4) is 0 Å². The summed E-state index contributed by atoms with van der Waals surface area (Å²) in [7, 11) is 0. The smallest absolute Gasteiger partial charge is 0.193 e. The Balaban J connectivity index is 1.59. The van der Waals surface area contributed by atoms with E-state index in [1.807, 2.05) is 34.6 Å². The summed E-state index contributed by atoms with van der Waals surface area (Å²) in [6, 6.07) is 0. The van der Waals surface area contributed by atoms with Gasteiger partial charge in [-0.15, -0.1) is 0 Å².